The van der Waals surface area contributed by atoms with Crippen molar-refractivity contribution in [1.29, 1.82) is 0 Å². The van der Waals surface area contributed by atoms with Crippen LogP contribution in [0.4, 0.5) is 0 Å². The van der Waals surface area contributed by atoms with Crippen LogP contribution in [0.25, 0.3) is 0 Å². The van der Waals surface area contributed by atoms with Crippen LogP contribution in [0.15, 0.2) is 65.4 Å². The number of thiophene rings is 2. The van der Waals surface area contributed by atoms with Crippen molar-refractivity contribution in [2.75, 3.05) is 32.8 Å². The van der Waals surface area contributed by atoms with Crippen molar-refractivity contribution in [2.24, 2.45) is 5.92 Å². The number of hydrogen-bond donors (Lipinski definition) is 2. The van der Waals surface area contributed by atoms with Crippen LogP contribution in [-0.2, 0) is 10.4 Å². The third-order valence-electron chi connectivity index (χ3n) is 7.29. The summed E-state index contributed by atoms with van der Waals surface area (Å²) in [5.74, 6) is 1.11. The molecule has 3 aromatic rings. The largest absolute Gasteiger partial charge is 1.00 e. The molecule has 2 N–H and O–H groups in total. The molecule has 0 spiro atoms. The zero-order valence-electron chi connectivity index (χ0n) is 19.1. The van der Waals surface area contributed by atoms with E-state index in [4.69, 9.17) is 4.74 Å². The van der Waals surface area contributed by atoms with Crippen LogP contribution < -0.4 is 27.0 Å². The number of aliphatic hydroxyl groups is 1. The number of para-hydroxylation sites is 1. The van der Waals surface area contributed by atoms with Crippen molar-refractivity contribution in [3.63, 3.8) is 0 Å². The minimum absolute atomic E-state index is 0. The number of piperidine rings is 3. The van der Waals surface area contributed by atoms with Gasteiger partial charge in [0.25, 0.3) is 5.91 Å². The van der Waals surface area contributed by atoms with Gasteiger partial charge in [0.2, 0.25) is 5.60 Å². The Kier molecular flexibility index (Phi) is 8.15. The number of hydrogen-bond acceptors (Lipinski definition) is 5. The highest BCUT2D eigenvalue weighted by molar-refractivity contribution is 7.12. The number of rotatable bonds is 9. The number of fused-ring (bicyclic) bond motifs is 3. The predicted molar refractivity (Wildman–Crippen MR) is 133 cm³/mol. The Labute approximate surface area is 219 Å². The van der Waals surface area contributed by atoms with Gasteiger partial charge in [0.15, 0.2) is 0 Å². The molecule has 0 saturated carbocycles. The number of amides is 1. The summed E-state index contributed by atoms with van der Waals surface area (Å²) in [6, 6.07) is 17.5. The first kappa shape index (κ1) is 25.4. The lowest BCUT2D eigenvalue weighted by atomic mass is 9.81. The first-order valence-corrected chi connectivity index (χ1v) is 13.5. The van der Waals surface area contributed by atoms with Gasteiger partial charge >= 0.3 is 0 Å². The molecule has 1 amide bonds. The zero-order valence-corrected chi connectivity index (χ0v) is 22.3. The zero-order chi connectivity index (χ0) is 22.7. The fourth-order valence-corrected chi connectivity index (χ4v) is 7.19. The summed E-state index contributed by atoms with van der Waals surface area (Å²) in [7, 11) is 0. The third-order valence-corrected chi connectivity index (χ3v) is 9.25. The number of nitrogens with zero attached hydrogens (tertiary/aromatic N) is 1. The Balaban J connectivity index is 0.00000274. The van der Waals surface area contributed by atoms with Crippen LogP contribution in [0.3, 0.4) is 0 Å². The monoisotopic (exact) mass is 562 g/mol. The van der Waals surface area contributed by atoms with Gasteiger partial charge in [-0.15, -0.1) is 22.7 Å². The molecular weight excluding hydrogens is 532 g/mol. The Morgan fingerprint density at radius 2 is 1.68 bits per heavy atom. The lowest BCUT2D eigenvalue weighted by molar-refractivity contribution is -0.944. The summed E-state index contributed by atoms with van der Waals surface area (Å²) in [5.41, 5.74) is -1.62. The van der Waals surface area contributed by atoms with E-state index in [1.54, 1.807) is 0 Å². The molecule has 1 atom stereocenters. The van der Waals surface area contributed by atoms with Crippen LogP contribution in [0, 0.1) is 5.92 Å². The molecule has 3 aliphatic rings. The fourth-order valence-electron chi connectivity index (χ4n) is 5.46. The second kappa shape index (κ2) is 10.9. The number of carbonyl (C=O) groups is 1. The van der Waals surface area contributed by atoms with Gasteiger partial charge in [-0.25, -0.2) is 0 Å². The van der Waals surface area contributed by atoms with Gasteiger partial charge in [-0.1, -0.05) is 30.3 Å². The van der Waals surface area contributed by atoms with Gasteiger partial charge in [0, 0.05) is 19.3 Å². The molecule has 34 heavy (non-hydrogen) atoms. The van der Waals surface area contributed by atoms with Crippen LogP contribution in [0.2, 0.25) is 0 Å². The second-order valence-corrected chi connectivity index (χ2v) is 11.2. The first-order chi connectivity index (χ1) is 16.1. The van der Waals surface area contributed by atoms with Gasteiger partial charge in [0.05, 0.1) is 48.6 Å². The van der Waals surface area contributed by atoms with Gasteiger partial charge in [-0.3, -0.25) is 4.79 Å². The van der Waals surface area contributed by atoms with Crippen LogP contribution >= 0.6 is 22.7 Å². The summed E-state index contributed by atoms with van der Waals surface area (Å²) in [5, 5.41) is 18.7. The van der Waals surface area contributed by atoms with Crippen molar-refractivity contribution >= 4 is 28.6 Å². The molecule has 1 aromatic carbocycles. The molecule has 6 rings (SSSR count). The van der Waals surface area contributed by atoms with Crippen molar-refractivity contribution < 1.29 is 36.1 Å². The molecule has 0 radical (unpaired) electrons. The average molecular weight is 564 g/mol. The Morgan fingerprint density at radius 3 is 2.26 bits per heavy atom. The molecule has 2 aromatic heterocycles. The van der Waals surface area contributed by atoms with Crippen LogP contribution in [0.5, 0.6) is 5.75 Å². The Bertz CT molecular complexity index is 1000. The van der Waals surface area contributed by atoms with E-state index in [9.17, 15) is 9.90 Å². The molecule has 1 unspecified atom stereocenters. The van der Waals surface area contributed by atoms with Crippen molar-refractivity contribution in [2.45, 2.75) is 30.9 Å². The van der Waals surface area contributed by atoms with Crippen molar-refractivity contribution in [3.8, 4) is 5.75 Å². The molecule has 8 heteroatoms. The van der Waals surface area contributed by atoms with Gasteiger partial charge < -0.3 is 36.6 Å². The van der Waals surface area contributed by atoms with E-state index in [2.05, 4.69) is 5.32 Å². The van der Waals surface area contributed by atoms with E-state index < -0.39 is 5.60 Å². The normalized spacial score (nSPS) is 23.8. The molecule has 3 aliphatic heterocycles. The molecule has 5 nitrogen and oxygen atoms in total. The number of ether oxygens (including phenoxy) is 1. The maximum Gasteiger partial charge on any atom is 0.263 e. The lowest BCUT2D eigenvalue weighted by Crippen LogP contribution is -3.00. The molecule has 5 heterocycles. The molecule has 0 aliphatic carbocycles. The van der Waals surface area contributed by atoms with E-state index in [0.717, 1.165) is 42.6 Å². The Hall–Kier alpha value is -1.71. The summed E-state index contributed by atoms with van der Waals surface area (Å²) in [6.45, 7) is 5.05. The van der Waals surface area contributed by atoms with Crippen LogP contribution in [-0.4, -0.2) is 54.3 Å². The SMILES string of the molecule is O=C(NC1C[N+]2(CCCOc3ccccc3)CCC1CC2)C(O)(c1cccs1)c1cccs1.[Br-]. The standard InChI is InChI=1S/C26H30N2O3S2.BrH/c29-25(26(30,23-9-4-17-32-23)24-10-5-18-33-24)27-22-19-28(14-11-20(22)12-15-28)13-6-16-31-21-7-2-1-3-8-21;/h1-5,7-10,17-18,20,22,30H,6,11-16,19H2;1H. The second-order valence-electron chi connectivity index (χ2n) is 9.29. The topological polar surface area (TPSA) is 58.6 Å². The number of carbonyl (C=O) groups excluding carboxylic acids is 1. The number of halogens is 1. The van der Waals surface area contributed by atoms with E-state index in [1.165, 1.54) is 35.8 Å². The van der Waals surface area contributed by atoms with E-state index in [1.807, 2.05) is 65.4 Å². The maximum atomic E-state index is 13.6. The highest BCUT2D eigenvalue weighted by Gasteiger charge is 2.49. The molecule has 3 saturated heterocycles. The summed E-state index contributed by atoms with van der Waals surface area (Å²) in [4.78, 5) is 14.9. The lowest BCUT2D eigenvalue weighted by Gasteiger charge is -2.53. The van der Waals surface area contributed by atoms with Crippen molar-refractivity contribution in [3.05, 3.63) is 75.1 Å². The van der Waals surface area contributed by atoms with E-state index >= 15 is 0 Å². The van der Waals surface area contributed by atoms with Crippen molar-refractivity contribution in [1.82, 2.24) is 5.32 Å². The van der Waals surface area contributed by atoms with Gasteiger partial charge in [0.1, 0.15) is 5.75 Å². The summed E-state index contributed by atoms with van der Waals surface area (Å²) >= 11 is 2.85. The predicted octanol–water partition coefficient (Wildman–Crippen LogP) is 1.24. The van der Waals surface area contributed by atoms with E-state index in [-0.39, 0.29) is 28.9 Å². The summed E-state index contributed by atoms with van der Waals surface area (Å²) < 4.78 is 6.95. The van der Waals surface area contributed by atoms with Crippen LogP contribution in [0.1, 0.15) is 29.0 Å². The fraction of sp³-hybridized carbons (Fsp3) is 0.423. The minimum atomic E-state index is -1.62. The molecular formula is C26H31BrN2O3S2. The van der Waals surface area contributed by atoms with Gasteiger partial charge in [-0.2, -0.15) is 0 Å². The number of nitrogens with one attached hydrogen (secondary N) is 1. The molecule has 182 valence electrons. The average Bonchev–Trinajstić information content (AvgIpc) is 3.58. The quantitative estimate of drug-likeness (QED) is 0.305. The minimum Gasteiger partial charge on any atom is -1.00 e. The highest BCUT2D eigenvalue weighted by atomic mass is 79.9. The first-order valence-electron chi connectivity index (χ1n) is 11.7. The van der Waals surface area contributed by atoms with E-state index in [0.29, 0.717) is 22.3 Å². The third kappa shape index (κ3) is 5.11. The summed E-state index contributed by atoms with van der Waals surface area (Å²) in [6.07, 6.45) is 3.25. The smallest absolute Gasteiger partial charge is 0.263 e. The maximum absolute atomic E-state index is 13.6. The number of quaternary nitrogens is 1. The highest BCUT2D eigenvalue weighted by Crippen LogP contribution is 2.38. The Morgan fingerprint density at radius 1 is 1.03 bits per heavy atom. The molecule has 3 fully saturated rings. The number of benzene rings is 1. The van der Waals surface area contributed by atoms with Gasteiger partial charge in [-0.05, 0) is 40.9 Å². The molecule has 2 bridgehead atoms.